The first kappa shape index (κ1) is 11.9. The van der Waals surface area contributed by atoms with Crippen molar-refractivity contribution in [1.82, 2.24) is 4.90 Å². The van der Waals surface area contributed by atoms with Gasteiger partial charge in [0.25, 0.3) is 0 Å². The first-order chi connectivity index (χ1) is 8.75. The Morgan fingerprint density at radius 3 is 2.61 bits per heavy atom. The van der Waals surface area contributed by atoms with Crippen LogP contribution < -0.4 is 0 Å². The van der Waals surface area contributed by atoms with Gasteiger partial charge in [-0.15, -0.1) is 0 Å². The number of ketones is 1. The molecule has 0 spiro atoms. The van der Waals surface area contributed by atoms with Crippen molar-refractivity contribution < 1.29 is 14.3 Å². The SMILES string of the molecule is O=C1/C(=C/C2CC2)CCC1C(=O)N1CCOCC1. The Kier molecular flexibility index (Phi) is 3.20. The molecule has 1 unspecified atom stereocenters. The minimum atomic E-state index is -0.409. The molecule has 0 bridgehead atoms. The quantitative estimate of drug-likeness (QED) is 0.545. The maximum atomic E-state index is 12.3. The number of nitrogens with zero attached hydrogens (tertiary/aromatic N) is 1. The predicted octanol–water partition coefficient (Wildman–Crippen LogP) is 1.16. The Labute approximate surface area is 107 Å². The van der Waals surface area contributed by atoms with Crippen molar-refractivity contribution in [2.45, 2.75) is 25.7 Å². The molecule has 18 heavy (non-hydrogen) atoms. The summed E-state index contributed by atoms with van der Waals surface area (Å²) in [4.78, 5) is 26.3. The van der Waals surface area contributed by atoms with E-state index >= 15 is 0 Å². The molecule has 1 amide bonds. The van der Waals surface area contributed by atoms with Gasteiger partial charge in [0.05, 0.1) is 13.2 Å². The van der Waals surface area contributed by atoms with Gasteiger partial charge < -0.3 is 9.64 Å². The molecule has 3 aliphatic rings. The van der Waals surface area contributed by atoms with Crippen LogP contribution in [0.4, 0.5) is 0 Å². The normalized spacial score (nSPS) is 31.1. The van der Waals surface area contributed by atoms with Gasteiger partial charge in [0.1, 0.15) is 5.92 Å². The zero-order valence-electron chi connectivity index (χ0n) is 10.6. The standard InChI is InChI=1S/C14H19NO3/c16-13-11(9-10-1-2-10)3-4-12(13)14(17)15-5-7-18-8-6-15/h9-10,12H,1-8H2/b11-9+. The molecule has 0 radical (unpaired) electrons. The third kappa shape index (κ3) is 2.34. The zero-order valence-corrected chi connectivity index (χ0v) is 10.6. The van der Waals surface area contributed by atoms with Crippen molar-refractivity contribution in [2.24, 2.45) is 11.8 Å². The molecule has 2 aliphatic carbocycles. The second-order valence-corrected chi connectivity index (χ2v) is 5.42. The Bertz CT molecular complexity index is 392. The molecule has 1 saturated heterocycles. The smallest absolute Gasteiger partial charge is 0.233 e. The monoisotopic (exact) mass is 249 g/mol. The lowest BCUT2D eigenvalue weighted by Crippen LogP contribution is -2.44. The number of hydrogen-bond donors (Lipinski definition) is 0. The molecule has 1 atom stereocenters. The molecule has 0 aromatic carbocycles. The van der Waals surface area contributed by atoms with Crippen LogP contribution in [0.2, 0.25) is 0 Å². The fraction of sp³-hybridized carbons (Fsp3) is 0.714. The molecule has 0 aromatic rings. The summed E-state index contributed by atoms with van der Waals surface area (Å²) in [6.07, 6.45) is 6.01. The van der Waals surface area contributed by atoms with Crippen molar-refractivity contribution >= 4 is 11.7 Å². The van der Waals surface area contributed by atoms with Gasteiger partial charge in [-0.1, -0.05) is 6.08 Å². The predicted molar refractivity (Wildman–Crippen MR) is 65.9 cm³/mol. The third-order valence-electron chi connectivity index (χ3n) is 4.02. The molecule has 4 nitrogen and oxygen atoms in total. The average Bonchev–Trinajstić information content (AvgIpc) is 3.15. The maximum absolute atomic E-state index is 12.3. The molecule has 2 saturated carbocycles. The van der Waals surface area contributed by atoms with Crippen LogP contribution in [-0.4, -0.2) is 42.9 Å². The molecule has 1 heterocycles. The second-order valence-electron chi connectivity index (χ2n) is 5.42. The molecule has 3 fully saturated rings. The average molecular weight is 249 g/mol. The molecule has 3 rings (SSSR count). The summed E-state index contributed by atoms with van der Waals surface area (Å²) >= 11 is 0. The number of amides is 1. The van der Waals surface area contributed by atoms with Gasteiger partial charge in [-0.2, -0.15) is 0 Å². The summed E-state index contributed by atoms with van der Waals surface area (Å²) in [5.41, 5.74) is 0.907. The number of ether oxygens (including phenoxy) is 1. The first-order valence-corrected chi connectivity index (χ1v) is 6.87. The summed E-state index contributed by atoms with van der Waals surface area (Å²) in [5.74, 6) is 0.301. The van der Waals surface area contributed by atoms with E-state index in [1.807, 2.05) is 0 Å². The number of carbonyl (C=O) groups is 2. The van der Waals surface area contributed by atoms with E-state index in [-0.39, 0.29) is 11.7 Å². The Morgan fingerprint density at radius 2 is 1.94 bits per heavy atom. The van der Waals surface area contributed by atoms with Gasteiger partial charge in [0, 0.05) is 13.1 Å². The molecular weight excluding hydrogens is 230 g/mol. The van der Waals surface area contributed by atoms with Gasteiger partial charge >= 0.3 is 0 Å². The highest BCUT2D eigenvalue weighted by atomic mass is 16.5. The van der Waals surface area contributed by atoms with Crippen LogP contribution in [0.5, 0.6) is 0 Å². The van der Waals surface area contributed by atoms with Crippen LogP contribution in [0.1, 0.15) is 25.7 Å². The van der Waals surface area contributed by atoms with E-state index in [0.29, 0.717) is 38.6 Å². The van der Waals surface area contributed by atoms with Crippen LogP contribution in [-0.2, 0) is 14.3 Å². The van der Waals surface area contributed by atoms with E-state index in [1.54, 1.807) is 4.90 Å². The largest absolute Gasteiger partial charge is 0.378 e. The number of morpholine rings is 1. The fourth-order valence-electron chi connectivity index (χ4n) is 2.73. The number of carbonyl (C=O) groups excluding carboxylic acids is 2. The summed E-state index contributed by atoms with van der Waals surface area (Å²) < 4.78 is 5.23. The number of allylic oxidation sites excluding steroid dienone is 2. The van der Waals surface area contributed by atoms with Crippen LogP contribution in [0, 0.1) is 11.8 Å². The van der Waals surface area contributed by atoms with Crippen molar-refractivity contribution in [3.63, 3.8) is 0 Å². The van der Waals surface area contributed by atoms with Crippen LogP contribution >= 0.6 is 0 Å². The Balaban J connectivity index is 1.65. The van der Waals surface area contributed by atoms with Crippen molar-refractivity contribution in [3.05, 3.63) is 11.6 Å². The molecule has 4 heteroatoms. The fourth-order valence-corrected chi connectivity index (χ4v) is 2.73. The van der Waals surface area contributed by atoms with Crippen molar-refractivity contribution in [1.29, 1.82) is 0 Å². The van der Waals surface area contributed by atoms with E-state index < -0.39 is 5.92 Å². The van der Waals surface area contributed by atoms with Gasteiger partial charge in [-0.3, -0.25) is 9.59 Å². The topological polar surface area (TPSA) is 46.6 Å². The van der Waals surface area contributed by atoms with Crippen LogP contribution in [0.25, 0.3) is 0 Å². The zero-order chi connectivity index (χ0) is 12.5. The van der Waals surface area contributed by atoms with Gasteiger partial charge in [0.15, 0.2) is 5.78 Å². The lowest BCUT2D eigenvalue weighted by atomic mass is 10.0. The lowest BCUT2D eigenvalue weighted by Gasteiger charge is -2.28. The first-order valence-electron chi connectivity index (χ1n) is 6.87. The molecular formula is C14H19NO3. The summed E-state index contributed by atoms with van der Waals surface area (Å²) in [5, 5.41) is 0. The van der Waals surface area contributed by atoms with Crippen LogP contribution in [0.15, 0.2) is 11.6 Å². The minimum absolute atomic E-state index is 0.0162. The Morgan fingerprint density at radius 1 is 1.22 bits per heavy atom. The highest BCUT2D eigenvalue weighted by Gasteiger charge is 2.38. The summed E-state index contributed by atoms with van der Waals surface area (Å²) in [6, 6.07) is 0. The maximum Gasteiger partial charge on any atom is 0.233 e. The minimum Gasteiger partial charge on any atom is -0.378 e. The second kappa shape index (κ2) is 4.84. The van der Waals surface area contributed by atoms with Gasteiger partial charge in [-0.05, 0) is 37.2 Å². The number of rotatable bonds is 2. The van der Waals surface area contributed by atoms with Crippen molar-refractivity contribution in [2.75, 3.05) is 26.3 Å². The van der Waals surface area contributed by atoms with E-state index in [1.165, 1.54) is 12.8 Å². The summed E-state index contributed by atoms with van der Waals surface area (Å²) in [6.45, 7) is 2.45. The number of hydrogen-bond acceptors (Lipinski definition) is 3. The molecule has 1 aliphatic heterocycles. The summed E-state index contributed by atoms with van der Waals surface area (Å²) in [7, 11) is 0. The molecule has 98 valence electrons. The van der Waals surface area contributed by atoms with Crippen molar-refractivity contribution in [3.8, 4) is 0 Å². The van der Waals surface area contributed by atoms with Gasteiger partial charge in [-0.25, -0.2) is 0 Å². The highest BCUT2D eigenvalue weighted by Crippen LogP contribution is 2.36. The van der Waals surface area contributed by atoms with E-state index in [4.69, 9.17) is 4.74 Å². The van der Waals surface area contributed by atoms with Crippen LogP contribution in [0.3, 0.4) is 0 Å². The Hall–Kier alpha value is -1.16. The van der Waals surface area contributed by atoms with Gasteiger partial charge in [0.2, 0.25) is 5.91 Å². The van der Waals surface area contributed by atoms with E-state index in [2.05, 4.69) is 6.08 Å². The lowest BCUT2D eigenvalue weighted by molar-refractivity contribution is -0.142. The van der Waals surface area contributed by atoms with E-state index in [9.17, 15) is 9.59 Å². The van der Waals surface area contributed by atoms with E-state index in [0.717, 1.165) is 12.0 Å². The molecule has 0 N–H and O–H groups in total. The third-order valence-corrected chi connectivity index (χ3v) is 4.02. The highest BCUT2D eigenvalue weighted by molar-refractivity contribution is 6.11. The number of Topliss-reactive ketones (excluding diaryl/α,β-unsaturated/α-hetero) is 1. The molecule has 0 aromatic heterocycles.